The number of nitrogens with one attached hydrogen (secondary N) is 1. The van der Waals surface area contributed by atoms with Crippen LogP contribution >= 0.6 is 23.3 Å². The van der Waals surface area contributed by atoms with E-state index in [1.165, 1.54) is 30.8 Å². The molecule has 0 aromatic carbocycles. The van der Waals surface area contributed by atoms with E-state index < -0.39 is 0 Å². The smallest absolute Gasteiger partial charge is 0.153 e. The van der Waals surface area contributed by atoms with E-state index in [1.54, 1.807) is 11.8 Å². The highest BCUT2D eigenvalue weighted by atomic mass is 32.2. The SMILES string of the molecule is CSc1c(N)nsc1NC1CCC(C)CC1C. The van der Waals surface area contributed by atoms with Crippen LogP contribution in [-0.4, -0.2) is 16.7 Å². The van der Waals surface area contributed by atoms with Crippen molar-refractivity contribution >= 4 is 34.1 Å². The average molecular weight is 271 g/mol. The first-order chi connectivity index (χ1) is 8.11. The van der Waals surface area contributed by atoms with Gasteiger partial charge in [0.05, 0.1) is 4.90 Å². The number of rotatable bonds is 3. The molecule has 17 heavy (non-hydrogen) atoms. The van der Waals surface area contributed by atoms with Crippen LogP contribution in [0, 0.1) is 11.8 Å². The van der Waals surface area contributed by atoms with Crippen molar-refractivity contribution in [2.45, 2.75) is 44.0 Å². The highest BCUT2D eigenvalue weighted by Gasteiger charge is 2.26. The zero-order valence-corrected chi connectivity index (χ0v) is 12.3. The van der Waals surface area contributed by atoms with E-state index in [9.17, 15) is 0 Å². The molecule has 0 spiro atoms. The van der Waals surface area contributed by atoms with Crippen molar-refractivity contribution < 1.29 is 0 Å². The van der Waals surface area contributed by atoms with Gasteiger partial charge in [0, 0.05) is 6.04 Å². The fourth-order valence-electron chi connectivity index (χ4n) is 2.63. The molecule has 96 valence electrons. The molecular weight excluding hydrogens is 250 g/mol. The fraction of sp³-hybridized carbons (Fsp3) is 0.750. The largest absolute Gasteiger partial charge is 0.382 e. The lowest BCUT2D eigenvalue weighted by Gasteiger charge is -2.33. The van der Waals surface area contributed by atoms with E-state index in [-0.39, 0.29) is 0 Å². The Balaban J connectivity index is 2.05. The summed E-state index contributed by atoms with van der Waals surface area (Å²) in [6, 6.07) is 0.581. The van der Waals surface area contributed by atoms with Gasteiger partial charge in [0.25, 0.3) is 0 Å². The first-order valence-corrected chi connectivity index (χ1v) is 8.17. The Labute approximate surface area is 112 Å². The van der Waals surface area contributed by atoms with Crippen molar-refractivity contribution in [1.82, 2.24) is 4.37 Å². The molecule has 3 nitrogen and oxygen atoms in total. The van der Waals surface area contributed by atoms with E-state index in [2.05, 4.69) is 29.8 Å². The van der Waals surface area contributed by atoms with E-state index in [1.807, 2.05) is 0 Å². The number of hydrogen-bond acceptors (Lipinski definition) is 5. The predicted molar refractivity (Wildman–Crippen MR) is 77.9 cm³/mol. The molecule has 1 aliphatic carbocycles. The molecular formula is C12H21N3S2. The highest BCUT2D eigenvalue weighted by Crippen LogP contribution is 2.38. The zero-order valence-electron chi connectivity index (χ0n) is 10.7. The minimum Gasteiger partial charge on any atom is -0.382 e. The summed E-state index contributed by atoms with van der Waals surface area (Å²) in [5.41, 5.74) is 5.85. The zero-order chi connectivity index (χ0) is 12.4. The summed E-state index contributed by atoms with van der Waals surface area (Å²) in [6.07, 6.45) is 5.96. The maximum absolute atomic E-state index is 5.85. The Morgan fingerprint density at radius 1 is 1.41 bits per heavy atom. The standard InChI is InChI=1S/C12H21N3S2/c1-7-4-5-9(8(2)6-7)14-12-10(16-3)11(13)15-17-12/h7-9,14H,4-6H2,1-3H3,(H2,13,15). The van der Waals surface area contributed by atoms with Gasteiger partial charge in [-0.2, -0.15) is 4.37 Å². The Morgan fingerprint density at radius 2 is 2.18 bits per heavy atom. The van der Waals surface area contributed by atoms with Crippen LogP contribution in [0.1, 0.15) is 33.1 Å². The molecule has 0 amide bonds. The van der Waals surface area contributed by atoms with Crippen LogP contribution in [0.3, 0.4) is 0 Å². The van der Waals surface area contributed by atoms with Gasteiger partial charge in [-0.25, -0.2) is 0 Å². The summed E-state index contributed by atoms with van der Waals surface area (Å²) in [5.74, 6) is 2.27. The number of anilines is 2. The normalized spacial score (nSPS) is 29.2. The molecule has 5 heteroatoms. The molecule has 2 rings (SSSR count). The van der Waals surface area contributed by atoms with Crippen LogP contribution in [0.5, 0.6) is 0 Å². The first kappa shape index (κ1) is 13.0. The van der Waals surface area contributed by atoms with Crippen molar-refractivity contribution in [1.29, 1.82) is 0 Å². The van der Waals surface area contributed by atoms with Crippen molar-refractivity contribution in [2.24, 2.45) is 11.8 Å². The molecule has 1 aliphatic rings. The van der Waals surface area contributed by atoms with E-state index in [0.717, 1.165) is 21.7 Å². The number of nitrogens with two attached hydrogens (primary N) is 1. The number of hydrogen-bond donors (Lipinski definition) is 2. The lowest BCUT2D eigenvalue weighted by Crippen LogP contribution is -2.32. The van der Waals surface area contributed by atoms with Crippen molar-refractivity contribution in [2.75, 3.05) is 17.3 Å². The molecule has 1 saturated carbocycles. The third kappa shape index (κ3) is 2.88. The lowest BCUT2D eigenvalue weighted by atomic mass is 9.80. The highest BCUT2D eigenvalue weighted by molar-refractivity contribution is 7.99. The quantitative estimate of drug-likeness (QED) is 0.823. The third-order valence-corrected chi connectivity index (χ3v) is 5.37. The maximum Gasteiger partial charge on any atom is 0.153 e. The fourth-order valence-corrected chi connectivity index (χ4v) is 4.22. The van der Waals surface area contributed by atoms with Gasteiger partial charge in [0.2, 0.25) is 0 Å². The number of thioether (sulfide) groups is 1. The predicted octanol–water partition coefficient (Wildman–Crippen LogP) is 3.68. The Morgan fingerprint density at radius 3 is 2.82 bits per heavy atom. The molecule has 1 aromatic rings. The summed E-state index contributed by atoms with van der Waals surface area (Å²) in [5, 5.41) is 4.80. The second-order valence-corrected chi connectivity index (χ2v) is 6.67. The third-order valence-electron chi connectivity index (χ3n) is 3.63. The average Bonchev–Trinajstić information content (AvgIpc) is 2.63. The van der Waals surface area contributed by atoms with Crippen LogP contribution in [0.25, 0.3) is 0 Å². The monoisotopic (exact) mass is 271 g/mol. The minimum absolute atomic E-state index is 0.581. The van der Waals surface area contributed by atoms with E-state index in [0.29, 0.717) is 11.9 Å². The van der Waals surface area contributed by atoms with Crippen LogP contribution in [0.4, 0.5) is 10.8 Å². The van der Waals surface area contributed by atoms with Crippen LogP contribution < -0.4 is 11.1 Å². The molecule has 3 atom stereocenters. The topological polar surface area (TPSA) is 50.9 Å². The summed E-state index contributed by atoms with van der Waals surface area (Å²) in [4.78, 5) is 1.11. The Kier molecular flexibility index (Phi) is 4.20. The van der Waals surface area contributed by atoms with Crippen molar-refractivity contribution in [3.05, 3.63) is 0 Å². The lowest BCUT2D eigenvalue weighted by molar-refractivity contribution is 0.276. The molecule has 1 fully saturated rings. The second-order valence-electron chi connectivity index (χ2n) is 5.08. The summed E-state index contributed by atoms with van der Waals surface area (Å²) < 4.78 is 4.23. The van der Waals surface area contributed by atoms with Gasteiger partial charge < -0.3 is 11.1 Å². The molecule has 0 radical (unpaired) electrons. The van der Waals surface area contributed by atoms with Gasteiger partial charge in [0.1, 0.15) is 5.00 Å². The summed E-state index contributed by atoms with van der Waals surface area (Å²) >= 11 is 3.17. The summed E-state index contributed by atoms with van der Waals surface area (Å²) in [6.45, 7) is 4.70. The number of nitrogens with zero attached hydrogens (tertiary/aromatic N) is 1. The second kappa shape index (κ2) is 5.48. The van der Waals surface area contributed by atoms with Gasteiger partial charge >= 0.3 is 0 Å². The molecule has 0 aliphatic heterocycles. The van der Waals surface area contributed by atoms with Crippen LogP contribution in [0.15, 0.2) is 4.90 Å². The Hall–Kier alpha value is -0.420. The molecule has 3 N–H and O–H groups in total. The van der Waals surface area contributed by atoms with Gasteiger partial charge in [-0.15, -0.1) is 11.8 Å². The molecule has 1 heterocycles. The van der Waals surface area contributed by atoms with Gasteiger partial charge in [0.15, 0.2) is 5.82 Å². The number of nitrogen functional groups attached to an aromatic ring is 1. The first-order valence-electron chi connectivity index (χ1n) is 6.17. The minimum atomic E-state index is 0.581. The molecule has 0 bridgehead atoms. The molecule has 0 saturated heterocycles. The molecule has 3 unspecified atom stereocenters. The van der Waals surface area contributed by atoms with Crippen molar-refractivity contribution in [3.63, 3.8) is 0 Å². The number of aromatic nitrogens is 1. The Bertz CT molecular complexity index is 378. The van der Waals surface area contributed by atoms with E-state index in [4.69, 9.17) is 5.73 Å². The molecule has 1 aromatic heterocycles. The van der Waals surface area contributed by atoms with E-state index >= 15 is 0 Å². The van der Waals surface area contributed by atoms with Gasteiger partial charge in [-0.1, -0.05) is 13.8 Å². The van der Waals surface area contributed by atoms with Gasteiger partial charge in [-0.05, 0) is 48.9 Å². The maximum atomic E-state index is 5.85. The van der Waals surface area contributed by atoms with Crippen LogP contribution in [-0.2, 0) is 0 Å². The van der Waals surface area contributed by atoms with Crippen LogP contribution in [0.2, 0.25) is 0 Å². The summed E-state index contributed by atoms with van der Waals surface area (Å²) in [7, 11) is 0. The van der Waals surface area contributed by atoms with Crippen molar-refractivity contribution in [3.8, 4) is 0 Å². The van der Waals surface area contributed by atoms with Gasteiger partial charge in [-0.3, -0.25) is 0 Å².